The molecule has 1 aliphatic heterocycles. The predicted molar refractivity (Wildman–Crippen MR) is 101 cm³/mol. The van der Waals surface area contributed by atoms with Crippen LogP contribution in [0.4, 0.5) is 11.4 Å². The Bertz CT molecular complexity index is 940. The van der Waals surface area contributed by atoms with Crippen molar-refractivity contribution >= 4 is 27.3 Å². The molecular formula is C19H22N2O4S. The van der Waals surface area contributed by atoms with E-state index in [2.05, 4.69) is 5.32 Å². The van der Waals surface area contributed by atoms with E-state index in [9.17, 15) is 13.2 Å². The van der Waals surface area contributed by atoms with Crippen LogP contribution in [0.5, 0.6) is 5.75 Å². The molecular weight excluding hydrogens is 352 g/mol. The summed E-state index contributed by atoms with van der Waals surface area (Å²) in [6, 6.07) is 11.9. The van der Waals surface area contributed by atoms with Gasteiger partial charge in [0.2, 0.25) is 5.91 Å². The van der Waals surface area contributed by atoms with Gasteiger partial charge in [-0.1, -0.05) is 18.2 Å². The van der Waals surface area contributed by atoms with E-state index >= 15 is 0 Å². The zero-order valence-corrected chi connectivity index (χ0v) is 15.8. The molecule has 0 spiro atoms. The van der Waals surface area contributed by atoms with Crippen molar-refractivity contribution in [3.63, 3.8) is 0 Å². The fraction of sp³-hybridized carbons (Fsp3) is 0.316. The maximum atomic E-state index is 13.3. The van der Waals surface area contributed by atoms with Gasteiger partial charge in [0.25, 0.3) is 10.0 Å². The largest absolute Gasteiger partial charge is 0.492 e. The SMILES string of the molecule is CCOc1ccc(S(=O)(=O)N2c3ccccc3C[C@H]2C)cc1NC(C)=O. The summed E-state index contributed by atoms with van der Waals surface area (Å²) < 4.78 is 33.5. The van der Waals surface area contributed by atoms with Crippen molar-refractivity contribution in [1.82, 2.24) is 0 Å². The van der Waals surface area contributed by atoms with Gasteiger partial charge in [-0.05, 0) is 50.1 Å². The number of nitrogens with zero attached hydrogens (tertiary/aromatic N) is 1. The van der Waals surface area contributed by atoms with E-state index in [1.807, 2.05) is 38.1 Å². The molecule has 0 saturated carbocycles. The number of rotatable bonds is 5. The summed E-state index contributed by atoms with van der Waals surface area (Å²) in [6.07, 6.45) is 0.672. The average molecular weight is 374 g/mol. The lowest BCUT2D eigenvalue weighted by atomic mass is 10.1. The molecule has 0 aromatic heterocycles. The normalized spacial score (nSPS) is 16.3. The molecule has 0 aliphatic carbocycles. The smallest absolute Gasteiger partial charge is 0.264 e. The van der Waals surface area contributed by atoms with E-state index in [4.69, 9.17) is 4.74 Å². The summed E-state index contributed by atoms with van der Waals surface area (Å²) in [5.41, 5.74) is 2.06. The first kappa shape index (κ1) is 18.3. The van der Waals surface area contributed by atoms with Crippen LogP contribution in [-0.4, -0.2) is 27.0 Å². The Balaban J connectivity index is 2.06. The van der Waals surface area contributed by atoms with Crippen LogP contribution in [-0.2, 0) is 21.2 Å². The standard InChI is InChI=1S/C19H22N2O4S/c1-4-25-19-10-9-16(12-17(19)20-14(3)22)26(23,24)21-13(2)11-15-7-5-6-8-18(15)21/h5-10,12-13H,4,11H2,1-3H3,(H,20,22)/t13-/m1/s1. The van der Waals surface area contributed by atoms with Gasteiger partial charge >= 0.3 is 0 Å². The van der Waals surface area contributed by atoms with Crippen molar-refractivity contribution in [1.29, 1.82) is 0 Å². The summed E-state index contributed by atoms with van der Waals surface area (Å²) in [5.74, 6) is 0.150. The lowest BCUT2D eigenvalue weighted by Crippen LogP contribution is -2.35. The molecule has 26 heavy (non-hydrogen) atoms. The van der Waals surface area contributed by atoms with Crippen LogP contribution >= 0.6 is 0 Å². The molecule has 1 aliphatic rings. The van der Waals surface area contributed by atoms with Crippen LogP contribution in [0.3, 0.4) is 0 Å². The average Bonchev–Trinajstić information content (AvgIpc) is 2.92. The van der Waals surface area contributed by atoms with Gasteiger partial charge in [-0.2, -0.15) is 0 Å². The van der Waals surface area contributed by atoms with Crippen LogP contribution in [0.1, 0.15) is 26.3 Å². The minimum atomic E-state index is -3.76. The van der Waals surface area contributed by atoms with Gasteiger partial charge in [0.15, 0.2) is 0 Å². The van der Waals surface area contributed by atoms with Crippen molar-refractivity contribution in [2.24, 2.45) is 0 Å². The molecule has 1 amide bonds. The van der Waals surface area contributed by atoms with Gasteiger partial charge in [-0.3, -0.25) is 9.10 Å². The first-order chi connectivity index (χ1) is 12.3. The third-order valence-electron chi connectivity index (χ3n) is 4.26. The van der Waals surface area contributed by atoms with Crippen LogP contribution < -0.4 is 14.4 Å². The van der Waals surface area contributed by atoms with Crippen molar-refractivity contribution in [2.75, 3.05) is 16.2 Å². The third kappa shape index (κ3) is 3.26. The molecule has 0 bridgehead atoms. The van der Waals surface area contributed by atoms with E-state index in [0.29, 0.717) is 30.2 Å². The molecule has 2 aromatic rings. The van der Waals surface area contributed by atoms with E-state index < -0.39 is 10.0 Å². The molecule has 6 nitrogen and oxygen atoms in total. The quantitative estimate of drug-likeness (QED) is 0.872. The van der Waals surface area contributed by atoms with Crippen molar-refractivity contribution < 1.29 is 17.9 Å². The monoisotopic (exact) mass is 374 g/mol. The van der Waals surface area contributed by atoms with Gasteiger partial charge in [0.1, 0.15) is 5.75 Å². The highest BCUT2D eigenvalue weighted by Gasteiger charge is 2.36. The number of hydrogen-bond donors (Lipinski definition) is 1. The minimum Gasteiger partial charge on any atom is -0.492 e. The predicted octanol–water partition coefficient (Wildman–Crippen LogP) is 3.18. The number of sulfonamides is 1. The Kier molecular flexibility index (Phi) is 4.91. The maximum absolute atomic E-state index is 13.3. The zero-order valence-electron chi connectivity index (χ0n) is 15.0. The van der Waals surface area contributed by atoms with E-state index in [-0.39, 0.29) is 16.8 Å². The van der Waals surface area contributed by atoms with Crippen LogP contribution in [0.15, 0.2) is 47.4 Å². The summed E-state index contributed by atoms with van der Waals surface area (Å²) in [7, 11) is -3.76. The molecule has 0 unspecified atom stereocenters. The summed E-state index contributed by atoms with van der Waals surface area (Å²) in [4.78, 5) is 11.6. The fourth-order valence-electron chi connectivity index (χ4n) is 3.26. The van der Waals surface area contributed by atoms with E-state index in [0.717, 1.165) is 5.56 Å². The molecule has 0 saturated heterocycles. The molecule has 7 heteroatoms. The Morgan fingerprint density at radius 3 is 2.69 bits per heavy atom. The molecule has 1 atom stereocenters. The molecule has 0 fully saturated rings. The number of para-hydroxylation sites is 1. The summed E-state index contributed by atoms with van der Waals surface area (Å²) in [6.45, 7) is 5.50. The first-order valence-electron chi connectivity index (χ1n) is 8.51. The Labute approximate surface area is 153 Å². The Morgan fingerprint density at radius 1 is 1.27 bits per heavy atom. The minimum absolute atomic E-state index is 0.119. The fourth-order valence-corrected chi connectivity index (χ4v) is 4.97. The number of nitrogens with one attached hydrogen (secondary N) is 1. The van der Waals surface area contributed by atoms with Gasteiger partial charge in [-0.15, -0.1) is 0 Å². The second-order valence-electron chi connectivity index (χ2n) is 6.25. The maximum Gasteiger partial charge on any atom is 0.264 e. The highest BCUT2D eigenvalue weighted by Crippen LogP contribution is 2.38. The number of hydrogen-bond acceptors (Lipinski definition) is 4. The van der Waals surface area contributed by atoms with Crippen LogP contribution in [0, 0.1) is 0 Å². The van der Waals surface area contributed by atoms with Gasteiger partial charge in [0, 0.05) is 13.0 Å². The van der Waals surface area contributed by atoms with E-state index in [1.54, 1.807) is 6.07 Å². The molecule has 138 valence electrons. The number of anilines is 2. The number of amides is 1. The second kappa shape index (κ2) is 6.99. The van der Waals surface area contributed by atoms with E-state index in [1.165, 1.54) is 23.4 Å². The number of fused-ring (bicyclic) bond motifs is 1. The van der Waals surface area contributed by atoms with Crippen molar-refractivity contribution in [3.05, 3.63) is 48.0 Å². The molecule has 0 radical (unpaired) electrons. The Morgan fingerprint density at radius 2 is 2.00 bits per heavy atom. The summed E-state index contributed by atoms with van der Waals surface area (Å²) in [5, 5.41) is 2.64. The third-order valence-corrected chi connectivity index (χ3v) is 6.19. The lowest BCUT2D eigenvalue weighted by Gasteiger charge is -2.25. The summed E-state index contributed by atoms with van der Waals surface area (Å²) >= 11 is 0. The second-order valence-corrected chi connectivity index (χ2v) is 8.07. The number of ether oxygens (including phenoxy) is 1. The number of carbonyl (C=O) groups is 1. The van der Waals surface area contributed by atoms with Gasteiger partial charge in [0.05, 0.1) is 22.9 Å². The molecule has 1 heterocycles. The first-order valence-corrected chi connectivity index (χ1v) is 9.95. The van der Waals surface area contributed by atoms with Gasteiger partial charge in [-0.25, -0.2) is 8.42 Å². The zero-order chi connectivity index (χ0) is 18.9. The molecule has 1 N–H and O–H groups in total. The van der Waals surface area contributed by atoms with Crippen LogP contribution in [0.2, 0.25) is 0 Å². The highest BCUT2D eigenvalue weighted by atomic mass is 32.2. The van der Waals surface area contributed by atoms with Gasteiger partial charge < -0.3 is 10.1 Å². The van der Waals surface area contributed by atoms with Crippen LogP contribution in [0.25, 0.3) is 0 Å². The lowest BCUT2D eigenvalue weighted by molar-refractivity contribution is -0.114. The molecule has 2 aromatic carbocycles. The van der Waals surface area contributed by atoms with Crippen molar-refractivity contribution in [2.45, 2.75) is 38.1 Å². The highest BCUT2D eigenvalue weighted by molar-refractivity contribution is 7.92. The van der Waals surface area contributed by atoms with Crippen molar-refractivity contribution in [3.8, 4) is 5.75 Å². The number of benzene rings is 2. The Hall–Kier alpha value is -2.54. The number of carbonyl (C=O) groups excluding carboxylic acids is 1. The topological polar surface area (TPSA) is 75.7 Å². The molecule has 3 rings (SSSR count).